The van der Waals surface area contributed by atoms with Crippen LogP contribution in [0.4, 0.5) is 0 Å². The second-order valence-corrected chi connectivity index (χ2v) is 5.96. The highest BCUT2D eigenvalue weighted by atomic mass is 32.2. The zero-order valence-corrected chi connectivity index (χ0v) is 10.9. The van der Waals surface area contributed by atoms with Crippen LogP contribution in [0.2, 0.25) is 0 Å². The molecule has 2 rings (SSSR count). The van der Waals surface area contributed by atoms with Gasteiger partial charge in [-0.3, -0.25) is 4.79 Å². The maximum atomic E-state index is 11.9. The van der Waals surface area contributed by atoms with Gasteiger partial charge < -0.3 is 10.6 Å². The van der Waals surface area contributed by atoms with Crippen LogP contribution >= 0.6 is 23.1 Å². The molecule has 0 aliphatic carbocycles. The third-order valence-corrected chi connectivity index (χ3v) is 4.68. The fourth-order valence-corrected chi connectivity index (χ4v) is 3.32. The van der Waals surface area contributed by atoms with Gasteiger partial charge in [0.15, 0.2) is 0 Å². The van der Waals surface area contributed by atoms with E-state index in [1.165, 1.54) is 4.88 Å². The summed E-state index contributed by atoms with van der Waals surface area (Å²) < 4.78 is 0. The van der Waals surface area contributed by atoms with Gasteiger partial charge in [-0.05, 0) is 18.4 Å². The summed E-state index contributed by atoms with van der Waals surface area (Å²) in [7, 11) is 0. The zero-order valence-electron chi connectivity index (χ0n) is 9.23. The van der Waals surface area contributed by atoms with Crippen LogP contribution in [0.3, 0.4) is 0 Å². The Morgan fingerprint density at radius 2 is 2.56 bits per heavy atom. The van der Waals surface area contributed by atoms with Crippen LogP contribution in [0.1, 0.15) is 17.8 Å². The Morgan fingerprint density at radius 1 is 1.69 bits per heavy atom. The first-order valence-electron chi connectivity index (χ1n) is 5.42. The summed E-state index contributed by atoms with van der Waals surface area (Å²) in [6.07, 6.45) is 0. The van der Waals surface area contributed by atoms with Gasteiger partial charge in [-0.25, -0.2) is 0 Å². The topological polar surface area (TPSA) is 41.1 Å². The molecule has 1 saturated heterocycles. The van der Waals surface area contributed by atoms with E-state index in [4.69, 9.17) is 0 Å². The lowest BCUT2D eigenvalue weighted by Crippen LogP contribution is -2.49. The van der Waals surface area contributed by atoms with E-state index in [0.717, 1.165) is 18.1 Å². The van der Waals surface area contributed by atoms with Crippen molar-refractivity contribution >= 4 is 29.0 Å². The summed E-state index contributed by atoms with van der Waals surface area (Å²) in [5.41, 5.74) is 0. The summed E-state index contributed by atoms with van der Waals surface area (Å²) in [5, 5.41) is 8.32. The lowest BCUT2D eigenvalue weighted by Gasteiger charge is -2.24. The Morgan fingerprint density at radius 3 is 3.19 bits per heavy atom. The molecule has 1 aromatic heterocycles. The molecule has 0 bridgehead atoms. The largest absolute Gasteiger partial charge is 0.347 e. The van der Waals surface area contributed by atoms with Crippen LogP contribution in [0.25, 0.3) is 0 Å². The quantitative estimate of drug-likeness (QED) is 0.863. The molecule has 2 heterocycles. The minimum absolute atomic E-state index is 0.0267. The summed E-state index contributed by atoms with van der Waals surface area (Å²) in [6, 6.07) is 4.15. The molecule has 1 aliphatic heterocycles. The highest BCUT2D eigenvalue weighted by molar-refractivity contribution is 7.99. The average molecular weight is 256 g/mol. The molecular formula is C11H16N2OS2. The van der Waals surface area contributed by atoms with Crippen molar-refractivity contribution in [3.63, 3.8) is 0 Å². The predicted octanol–water partition coefficient (Wildman–Crippen LogP) is 1.63. The summed E-state index contributed by atoms with van der Waals surface area (Å²) in [6.45, 7) is 2.95. The summed E-state index contributed by atoms with van der Waals surface area (Å²) >= 11 is 3.51. The van der Waals surface area contributed by atoms with Gasteiger partial charge in [0.1, 0.15) is 0 Å². The van der Waals surface area contributed by atoms with Gasteiger partial charge in [0.25, 0.3) is 0 Å². The standard InChI is InChI=1S/C11H16N2OS2/c1-8(10-3-2-5-16-10)13-11(14)9-7-15-6-4-12-9/h2-3,5,8-9,12H,4,6-7H2,1H3,(H,13,14)/t8-,9?/m0/s1. The monoisotopic (exact) mass is 256 g/mol. The molecule has 0 radical (unpaired) electrons. The molecule has 1 fully saturated rings. The fraction of sp³-hybridized carbons (Fsp3) is 0.545. The molecular weight excluding hydrogens is 240 g/mol. The van der Waals surface area contributed by atoms with Gasteiger partial charge in [-0.1, -0.05) is 6.07 Å². The molecule has 1 aliphatic rings. The molecule has 2 atom stereocenters. The Hall–Kier alpha value is -0.520. The first-order chi connectivity index (χ1) is 7.77. The van der Waals surface area contributed by atoms with Gasteiger partial charge in [0.2, 0.25) is 5.91 Å². The van der Waals surface area contributed by atoms with Crippen LogP contribution in [0.15, 0.2) is 17.5 Å². The molecule has 2 N–H and O–H groups in total. The van der Waals surface area contributed by atoms with Crippen molar-refractivity contribution in [2.75, 3.05) is 18.1 Å². The predicted molar refractivity (Wildman–Crippen MR) is 70.0 cm³/mol. The van der Waals surface area contributed by atoms with Gasteiger partial charge in [0, 0.05) is 22.9 Å². The van der Waals surface area contributed by atoms with Crippen LogP contribution in [0, 0.1) is 0 Å². The number of rotatable bonds is 3. The minimum Gasteiger partial charge on any atom is -0.347 e. The number of carbonyl (C=O) groups excluding carboxylic acids is 1. The van der Waals surface area contributed by atoms with Gasteiger partial charge in [-0.15, -0.1) is 11.3 Å². The van der Waals surface area contributed by atoms with Crippen molar-refractivity contribution < 1.29 is 4.79 Å². The SMILES string of the molecule is C[C@H](NC(=O)C1CSCCN1)c1cccs1. The molecule has 88 valence electrons. The number of hydrogen-bond acceptors (Lipinski definition) is 4. The van der Waals surface area contributed by atoms with Crippen LogP contribution < -0.4 is 10.6 Å². The lowest BCUT2D eigenvalue weighted by atomic mass is 10.2. The number of thioether (sulfide) groups is 1. The minimum atomic E-state index is -0.0267. The fourth-order valence-electron chi connectivity index (χ4n) is 1.66. The maximum absolute atomic E-state index is 11.9. The molecule has 5 heteroatoms. The van der Waals surface area contributed by atoms with Crippen LogP contribution in [0.5, 0.6) is 0 Å². The van der Waals surface area contributed by atoms with E-state index in [1.54, 1.807) is 11.3 Å². The highest BCUT2D eigenvalue weighted by Crippen LogP contribution is 2.18. The first kappa shape index (κ1) is 12.0. The van der Waals surface area contributed by atoms with Crippen LogP contribution in [-0.2, 0) is 4.79 Å². The summed E-state index contributed by atoms with van der Waals surface area (Å²) in [4.78, 5) is 13.1. The number of nitrogens with one attached hydrogen (secondary N) is 2. The number of thiophene rings is 1. The third-order valence-electron chi connectivity index (χ3n) is 2.57. The normalized spacial score (nSPS) is 22.7. The Bertz CT molecular complexity index is 334. The average Bonchev–Trinajstić information content (AvgIpc) is 2.83. The Kier molecular flexibility index (Phi) is 4.26. The molecule has 0 saturated carbocycles. The van der Waals surface area contributed by atoms with E-state index in [2.05, 4.69) is 16.7 Å². The van der Waals surface area contributed by atoms with E-state index in [1.807, 2.05) is 30.1 Å². The van der Waals surface area contributed by atoms with E-state index in [0.29, 0.717) is 0 Å². The molecule has 1 amide bonds. The molecule has 0 spiro atoms. The smallest absolute Gasteiger partial charge is 0.238 e. The zero-order chi connectivity index (χ0) is 11.4. The molecule has 16 heavy (non-hydrogen) atoms. The molecule has 0 aromatic carbocycles. The van der Waals surface area contributed by atoms with E-state index < -0.39 is 0 Å². The Balaban J connectivity index is 1.86. The number of hydrogen-bond donors (Lipinski definition) is 2. The number of amides is 1. The lowest BCUT2D eigenvalue weighted by molar-refractivity contribution is -0.123. The molecule has 1 aromatic rings. The van der Waals surface area contributed by atoms with Crippen molar-refractivity contribution in [3.05, 3.63) is 22.4 Å². The van der Waals surface area contributed by atoms with E-state index >= 15 is 0 Å². The second-order valence-electron chi connectivity index (χ2n) is 3.83. The highest BCUT2D eigenvalue weighted by Gasteiger charge is 2.22. The number of carbonyl (C=O) groups is 1. The van der Waals surface area contributed by atoms with Crippen molar-refractivity contribution in [1.29, 1.82) is 0 Å². The van der Waals surface area contributed by atoms with E-state index in [-0.39, 0.29) is 18.0 Å². The Labute approximate surface area is 104 Å². The van der Waals surface area contributed by atoms with E-state index in [9.17, 15) is 4.79 Å². The van der Waals surface area contributed by atoms with Crippen molar-refractivity contribution in [2.24, 2.45) is 0 Å². The third kappa shape index (κ3) is 2.99. The van der Waals surface area contributed by atoms with Crippen molar-refractivity contribution in [3.8, 4) is 0 Å². The summed E-state index contributed by atoms with van der Waals surface area (Å²) in [5.74, 6) is 2.10. The van der Waals surface area contributed by atoms with Gasteiger partial charge >= 0.3 is 0 Å². The van der Waals surface area contributed by atoms with Crippen molar-refractivity contribution in [2.45, 2.75) is 19.0 Å². The molecule has 1 unspecified atom stereocenters. The van der Waals surface area contributed by atoms with Gasteiger partial charge in [0.05, 0.1) is 12.1 Å². The second kappa shape index (κ2) is 5.70. The van der Waals surface area contributed by atoms with Crippen LogP contribution in [-0.4, -0.2) is 30.0 Å². The van der Waals surface area contributed by atoms with Gasteiger partial charge in [-0.2, -0.15) is 11.8 Å². The first-order valence-corrected chi connectivity index (χ1v) is 7.45. The van der Waals surface area contributed by atoms with Crippen molar-refractivity contribution in [1.82, 2.24) is 10.6 Å². The maximum Gasteiger partial charge on any atom is 0.238 e. The molecule has 3 nitrogen and oxygen atoms in total.